The highest BCUT2D eigenvalue weighted by atomic mass is 35.5. The summed E-state index contributed by atoms with van der Waals surface area (Å²) in [6.07, 6.45) is 0. The zero-order valence-electron chi connectivity index (χ0n) is 11.9. The molecule has 0 aromatic carbocycles. The van der Waals surface area contributed by atoms with Crippen LogP contribution in [0.2, 0.25) is 0 Å². The van der Waals surface area contributed by atoms with Crippen LogP contribution in [0.15, 0.2) is 5.38 Å². The van der Waals surface area contributed by atoms with Gasteiger partial charge in [-0.25, -0.2) is 4.98 Å². The molecule has 112 valence electrons. The number of hydrogen-bond acceptors (Lipinski definition) is 4. The van der Waals surface area contributed by atoms with Crippen LogP contribution in [0.4, 0.5) is 0 Å². The van der Waals surface area contributed by atoms with E-state index >= 15 is 0 Å². The molecular formula is C12H23Cl2N3OS. The average Bonchev–Trinajstić information content (AvgIpc) is 2.74. The molecule has 0 saturated carbocycles. The summed E-state index contributed by atoms with van der Waals surface area (Å²) in [6.45, 7) is 8.91. The van der Waals surface area contributed by atoms with Crippen molar-refractivity contribution < 1.29 is 4.79 Å². The molecule has 1 heterocycles. The number of likely N-dealkylation sites (N-methyl/N-ethyl adjacent to an activating group) is 1. The van der Waals surface area contributed by atoms with Crippen molar-refractivity contribution in [2.75, 3.05) is 13.6 Å². The second-order valence-corrected chi connectivity index (χ2v) is 6.05. The van der Waals surface area contributed by atoms with Gasteiger partial charge < -0.3 is 10.6 Å². The van der Waals surface area contributed by atoms with Crippen molar-refractivity contribution in [3.05, 3.63) is 16.1 Å². The molecule has 4 nitrogen and oxygen atoms in total. The van der Waals surface area contributed by atoms with E-state index in [0.717, 1.165) is 5.01 Å². The zero-order valence-corrected chi connectivity index (χ0v) is 14.4. The van der Waals surface area contributed by atoms with Crippen molar-refractivity contribution in [1.82, 2.24) is 15.6 Å². The Hall–Kier alpha value is -0.360. The number of nitrogens with one attached hydrogen (secondary N) is 2. The maximum Gasteiger partial charge on any atom is 0.270 e. The van der Waals surface area contributed by atoms with Crippen LogP contribution in [-0.4, -0.2) is 30.5 Å². The van der Waals surface area contributed by atoms with Gasteiger partial charge in [-0.05, 0) is 14.0 Å². The first kappa shape index (κ1) is 20.9. The first-order valence-electron chi connectivity index (χ1n) is 5.76. The number of aromatic nitrogens is 1. The van der Waals surface area contributed by atoms with Crippen LogP contribution >= 0.6 is 36.2 Å². The summed E-state index contributed by atoms with van der Waals surface area (Å²) in [4.78, 5) is 16.2. The minimum Gasteiger partial charge on any atom is -0.349 e. The topological polar surface area (TPSA) is 54.0 Å². The Balaban J connectivity index is 0. The molecule has 1 unspecified atom stereocenters. The number of hydrogen-bond donors (Lipinski definition) is 2. The fourth-order valence-corrected chi connectivity index (χ4v) is 2.05. The third-order valence-corrected chi connectivity index (χ3v) is 3.71. The maximum absolute atomic E-state index is 11.8. The van der Waals surface area contributed by atoms with E-state index in [4.69, 9.17) is 0 Å². The van der Waals surface area contributed by atoms with Gasteiger partial charge in [-0.1, -0.05) is 20.8 Å². The van der Waals surface area contributed by atoms with Crippen molar-refractivity contribution in [3.8, 4) is 0 Å². The average molecular weight is 328 g/mol. The van der Waals surface area contributed by atoms with Gasteiger partial charge in [0, 0.05) is 23.4 Å². The standard InChI is InChI=1S/C12H21N3OS.2ClH/c1-8(13-5)6-14-10(16)9-7-17-11(15-9)12(2,3)4;;/h7-8,13H,6H2,1-5H3,(H,14,16);2*1H. The van der Waals surface area contributed by atoms with Crippen LogP contribution in [-0.2, 0) is 5.41 Å². The van der Waals surface area contributed by atoms with Gasteiger partial charge in [0.2, 0.25) is 0 Å². The molecule has 1 rings (SSSR count). The summed E-state index contributed by atoms with van der Waals surface area (Å²) in [7, 11) is 1.87. The minimum atomic E-state index is -0.0983. The van der Waals surface area contributed by atoms with Gasteiger partial charge in [-0.3, -0.25) is 4.79 Å². The molecular weight excluding hydrogens is 305 g/mol. The summed E-state index contributed by atoms with van der Waals surface area (Å²) in [5.74, 6) is -0.0983. The first-order valence-corrected chi connectivity index (χ1v) is 6.64. The predicted molar refractivity (Wildman–Crippen MR) is 86.2 cm³/mol. The molecule has 19 heavy (non-hydrogen) atoms. The monoisotopic (exact) mass is 327 g/mol. The number of halogens is 2. The minimum absolute atomic E-state index is 0. The first-order chi connectivity index (χ1) is 7.84. The van der Waals surface area contributed by atoms with E-state index in [1.165, 1.54) is 11.3 Å². The van der Waals surface area contributed by atoms with E-state index < -0.39 is 0 Å². The molecule has 1 atom stereocenters. The lowest BCUT2D eigenvalue weighted by atomic mass is 9.98. The van der Waals surface area contributed by atoms with Gasteiger partial charge in [-0.2, -0.15) is 0 Å². The molecule has 0 fully saturated rings. The van der Waals surface area contributed by atoms with Crippen molar-refractivity contribution in [3.63, 3.8) is 0 Å². The van der Waals surface area contributed by atoms with Crippen LogP contribution in [0, 0.1) is 0 Å². The highest BCUT2D eigenvalue weighted by molar-refractivity contribution is 7.10. The van der Waals surface area contributed by atoms with Crippen molar-refractivity contribution in [2.45, 2.75) is 39.2 Å². The number of carbonyl (C=O) groups is 1. The SMILES string of the molecule is CNC(C)CNC(=O)c1csc(C(C)(C)C)n1.Cl.Cl. The van der Waals surface area contributed by atoms with E-state index in [-0.39, 0.29) is 42.2 Å². The highest BCUT2D eigenvalue weighted by Gasteiger charge is 2.20. The van der Waals surface area contributed by atoms with Crippen molar-refractivity contribution in [1.29, 1.82) is 0 Å². The summed E-state index contributed by atoms with van der Waals surface area (Å²) in [5.41, 5.74) is 0.518. The van der Waals surface area contributed by atoms with Crippen LogP contribution in [0.5, 0.6) is 0 Å². The molecule has 0 aliphatic heterocycles. The smallest absolute Gasteiger partial charge is 0.270 e. The third kappa shape index (κ3) is 6.56. The van der Waals surface area contributed by atoms with Crippen LogP contribution in [0.3, 0.4) is 0 Å². The Morgan fingerprint density at radius 1 is 1.42 bits per heavy atom. The molecule has 1 aromatic heterocycles. The fourth-order valence-electron chi connectivity index (χ4n) is 1.16. The summed E-state index contributed by atoms with van der Waals surface area (Å²) < 4.78 is 0. The predicted octanol–water partition coefficient (Wildman–Crippen LogP) is 2.62. The van der Waals surface area contributed by atoms with E-state index in [0.29, 0.717) is 12.2 Å². The second-order valence-electron chi connectivity index (χ2n) is 5.19. The van der Waals surface area contributed by atoms with E-state index in [1.54, 1.807) is 0 Å². The van der Waals surface area contributed by atoms with Crippen molar-refractivity contribution >= 4 is 42.1 Å². The zero-order chi connectivity index (χ0) is 13.1. The van der Waals surface area contributed by atoms with Gasteiger partial charge >= 0.3 is 0 Å². The number of rotatable bonds is 4. The van der Waals surface area contributed by atoms with Crippen LogP contribution < -0.4 is 10.6 Å². The van der Waals surface area contributed by atoms with Gasteiger partial charge in [0.25, 0.3) is 5.91 Å². The molecule has 1 amide bonds. The number of amides is 1. The van der Waals surface area contributed by atoms with Gasteiger partial charge in [0.05, 0.1) is 5.01 Å². The quantitative estimate of drug-likeness (QED) is 0.893. The largest absolute Gasteiger partial charge is 0.349 e. The van der Waals surface area contributed by atoms with E-state index in [9.17, 15) is 4.79 Å². The van der Waals surface area contributed by atoms with Gasteiger partial charge in [0.1, 0.15) is 5.69 Å². The summed E-state index contributed by atoms with van der Waals surface area (Å²) in [6, 6.07) is 0.264. The Bertz CT molecular complexity index is 391. The van der Waals surface area contributed by atoms with Crippen LogP contribution in [0.25, 0.3) is 0 Å². The third-order valence-electron chi connectivity index (χ3n) is 2.44. The van der Waals surface area contributed by atoms with E-state index in [1.807, 2.05) is 19.4 Å². The lowest BCUT2D eigenvalue weighted by molar-refractivity contribution is 0.0946. The lowest BCUT2D eigenvalue weighted by Crippen LogP contribution is -2.37. The Morgan fingerprint density at radius 3 is 2.42 bits per heavy atom. The Kier molecular flexibility index (Phi) is 9.64. The molecule has 0 radical (unpaired) electrons. The molecule has 2 N–H and O–H groups in total. The second kappa shape index (κ2) is 8.74. The highest BCUT2D eigenvalue weighted by Crippen LogP contribution is 2.25. The molecule has 1 aromatic rings. The summed E-state index contributed by atoms with van der Waals surface area (Å²) in [5, 5.41) is 8.74. The molecule has 0 aliphatic rings. The van der Waals surface area contributed by atoms with Gasteiger partial charge in [-0.15, -0.1) is 36.2 Å². The molecule has 0 bridgehead atoms. The number of thiazole rings is 1. The molecule has 7 heteroatoms. The van der Waals surface area contributed by atoms with Crippen molar-refractivity contribution in [2.24, 2.45) is 0 Å². The molecule has 0 spiro atoms. The number of nitrogens with zero attached hydrogens (tertiary/aromatic N) is 1. The van der Waals surface area contributed by atoms with Crippen LogP contribution in [0.1, 0.15) is 43.2 Å². The Morgan fingerprint density at radius 2 is 2.00 bits per heavy atom. The fraction of sp³-hybridized carbons (Fsp3) is 0.667. The number of carbonyl (C=O) groups excluding carboxylic acids is 1. The van der Waals surface area contributed by atoms with E-state index in [2.05, 4.69) is 36.4 Å². The lowest BCUT2D eigenvalue weighted by Gasteiger charge is -2.13. The maximum atomic E-state index is 11.8. The molecule has 0 aliphatic carbocycles. The summed E-state index contributed by atoms with van der Waals surface area (Å²) >= 11 is 1.54. The normalized spacial score (nSPS) is 12.1. The van der Waals surface area contributed by atoms with Gasteiger partial charge in [0.15, 0.2) is 0 Å². The molecule has 0 saturated heterocycles. The Labute approximate surface area is 131 Å².